The van der Waals surface area contributed by atoms with Gasteiger partial charge in [0.15, 0.2) is 0 Å². The Kier molecular flexibility index (Phi) is 3.38. The third-order valence-electron chi connectivity index (χ3n) is 3.08. The summed E-state index contributed by atoms with van der Waals surface area (Å²) in [5.74, 6) is 0.553. The number of aromatic nitrogens is 2. The first kappa shape index (κ1) is 10.6. The lowest BCUT2D eigenvalue weighted by Gasteiger charge is -2.20. The molecular weight excluding hydrogens is 190 g/mol. The topological polar surface area (TPSA) is 50.1 Å². The quantitative estimate of drug-likeness (QED) is 0.758. The molecule has 0 spiro atoms. The van der Waals surface area contributed by atoms with E-state index < -0.39 is 0 Å². The number of piperidine rings is 1. The van der Waals surface area contributed by atoms with Crippen molar-refractivity contribution < 1.29 is 5.11 Å². The molecule has 0 radical (unpaired) electrons. The molecule has 1 saturated heterocycles. The predicted octanol–water partition coefficient (Wildman–Crippen LogP) is 0.422. The molecule has 4 heteroatoms. The second kappa shape index (κ2) is 4.77. The van der Waals surface area contributed by atoms with E-state index in [1.165, 1.54) is 18.5 Å². The lowest BCUT2D eigenvalue weighted by atomic mass is 9.96. The van der Waals surface area contributed by atoms with Crippen molar-refractivity contribution >= 4 is 0 Å². The molecule has 1 aliphatic heterocycles. The monoisotopic (exact) mass is 209 g/mol. The summed E-state index contributed by atoms with van der Waals surface area (Å²) in [6.45, 7) is 2.37. The van der Waals surface area contributed by atoms with Crippen LogP contribution in [-0.2, 0) is 13.5 Å². The summed E-state index contributed by atoms with van der Waals surface area (Å²) < 4.78 is 1.89. The maximum absolute atomic E-state index is 8.91. The fourth-order valence-corrected chi connectivity index (χ4v) is 2.18. The van der Waals surface area contributed by atoms with Crippen LogP contribution < -0.4 is 5.32 Å². The van der Waals surface area contributed by atoms with E-state index in [9.17, 15) is 0 Å². The smallest absolute Gasteiger partial charge is 0.0670 e. The summed E-state index contributed by atoms with van der Waals surface area (Å²) in [5, 5.41) is 16.8. The van der Waals surface area contributed by atoms with Crippen LogP contribution in [0.3, 0.4) is 0 Å². The van der Waals surface area contributed by atoms with Crippen LogP contribution in [-0.4, -0.2) is 34.6 Å². The Bertz CT molecular complexity index is 316. The molecule has 0 aliphatic carbocycles. The molecule has 1 atom stereocenters. The second-order valence-corrected chi connectivity index (χ2v) is 4.20. The molecule has 1 aromatic heterocycles. The van der Waals surface area contributed by atoms with Crippen LogP contribution in [0.4, 0.5) is 0 Å². The lowest BCUT2D eigenvalue weighted by molar-refractivity contribution is 0.296. The highest BCUT2D eigenvalue weighted by Gasteiger charge is 2.18. The zero-order valence-corrected chi connectivity index (χ0v) is 9.24. The number of nitrogens with one attached hydrogen (secondary N) is 1. The number of hydrogen-bond donors (Lipinski definition) is 2. The molecule has 84 valence electrons. The fraction of sp³-hybridized carbons (Fsp3) is 0.727. The van der Waals surface area contributed by atoms with Crippen LogP contribution in [0.25, 0.3) is 0 Å². The highest BCUT2D eigenvalue weighted by atomic mass is 16.3. The lowest BCUT2D eigenvalue weighted by Crippen LogP contribution is -2.28. The van der Waals surface area contributed by atoms with Crippen molar-refractivity contribution in [2.45, 2.75) is 25.2 Å². The number of aliphatic hydroxyl groups is 1. The van der Waals surface area contributed by atoms with Crippen molar-refractivity contribution in [3.05, 3.63) is 17.5 Å². The average molecular weight is 209 g/mol. The summed E-state index contributed by atoms with van der Waals surface area (Å²) in [6, 6.07) is 2.13. The fourth-order valence-electron chi connectivity index (χ4n) is 2.18. The van der Waals surface area contributed by atoms with Gasteiger partial charge in [0, 0.05) is 38.2 Å². The first-order valence-electron chi connectivity index (χ1n) is 5.65. The van der Waals surface area contributed by atoms with Crippen LogP contribution in [0.1, 0.15) is 30.1 Å². The molecular formula is C11H19N3O. The van der Waals surface area contributed by atoms with E-state index in [1.807, 2.05) is 11.7 Å². The van der Waals surface area contributed by atoms with Gasteiger partial charge in [0.25, 0.3) is 0 Å². The van der Waals surface area contributed by atoms with Crippen molar-refractivity contribution in [2.75, 3.05) is 19.7 Å². The van der Waals surface area contributed by atoms with Gasteiger partial charge < -0.3 is 10.4 Å². The first-order valence-corrected chi connectivity index (χ1v) is 5.65. The maximum Gasteiger partial charge on any atom is 0.0670 e. The Morgan fingerprint density at radius 1 is 1.67 bits per heavy atom. The van der Waals surface area contributed by atoms with E-state index in [0.717, 1.165) is 18.8 Å². The van der Waals surface area contributed by atoms with Gasteiger partial charge in [0.05, 0.1) is 5.69 Å². The second-order valence-electron chi connectivity index (χ2n) is 4.20. The van der Waals surface area contributed by atoms with Gasteiger partial charge in [-0.1, -0.05) is 0 Å². The van der Waals surface area contributed by atoms with Crippen molar-refractivity contribution in [2.24, 2.45) is 7.05 Å². The van der Waals surface area contributed by atoms with Gasteiger partial charge in [0.2, 0.25) is 0 Å². The van der Waals surface area contributed by atoms with Crippen LogP contribution in [0.2, 0.25) is 0 Å². The van der Waals surface area contributed by atoms with E-state index in [-0.39, 0.29) is 6.61 Å². The molecule has 2 heterocycles. The highest BCUT2D eigenvalue weighted by Crippen LogP contribution is 2.22. The molecule has 0 unspecified atom stereocenters. The van der Waals surface area contributed by atoms with Crippen molar-refractivity contribution in [1.29, 1.82) is 0 Å². The van der Waals surface area contributed by atoms with Crippen LogP contribution in [0.5, 0.6) is 0 Å². The molecule has 0 saturated carbocycles. The number of nitrogens with zero attached hydrogens (tertiary/aromatic N) is 2. The van der Waals surface area contributed by atoms with Gasteiger partial charge in [0.1, 0.15) is 0 Å². The number of aryl methyl sites for hydroxylation is 1. The number of aliphatic hydroxyl groups excluding tert-OH is 1. The third kappa shape index (κ3) is 2.38. The maximum atomic E-state index is 8.91. The molecule has 4 nitrogen and oxygen atoms in total. The largest absolute Gasteiger partial charge is 0.396 e. The molecule has 0 amide bonds. The Hall–Kier alpha value is -0.870. The normalized spacial score (nSPS) is 21.9. The van der Waals surface area contributed by atoms with E-state index >= 15 is 0 Å². The Morgan fingerprint density at radius 3 is 3.20 bits per heavy atom. The zero-order valence-electron chi connectivity index (χ0n) is 9.24. The van der Waals surface area contributed by atoms with Crippen LogP contribution >= 0.6 is 0 Å². The van der Waals surface area contributed by atoms with Gasteiger partial charge in [-0.05, 0) is 25.5 Å². The summed E-state index contributed by atoms with van der Waals surface area (Å²) in [4.78, 5) is 0. The standard InChI is InChI=1S/C11H19N3O/c1-14-10(4-6-15)7-11(13-14)9-3-2-5-12-8-9/h7,9,12,15H,2-6,8H2,1H3/t9-/m0/s1. The Balaban J connectivity index is 2.10. The predicted molar refractivity (Wildman–Crippen MR) is 58.8 cm³/mol. The third-order valence-corrected chi connectivity index (χ3v) is 3.08. The summed E-state index contributed by atoms with van der Waals surface area (Å²) in [6.07, 6.45) is 3.16. The molecule has 1 aliphatic rings. The van der Waals surface area contributed by atoms with Gasteiger partial charge >= 0.3 is 0 Å². The minimum Gasteiger partial charge on any atom is -0.396 e. The SMILES string of the molecule is Cn1nc([C@H]2CCCNC2)cc1CCO. The van der Waals surface area contributed by atoms with Gasteiger partial charge in [-0.15, -0.1) is 0 Å². The van der Waals surface area contributed by atoms with Crippen molar-refractivity contribution in [3.8, 4) is 0 Å². The minimum absolute atomic E-state index is 0.196. The first-order chi connectivity index (χ1) is 7.31. The summed E-state index contributed by atoms with van der Waals surface area (Å²) in [5.41, 5.74) is 2.30. The number of rotatable bonds is 3. The van der Waals surface area contributed by atoms with Gasteiger partial charge in [-0.25, -0.2) is 0 Å². The van der Waals surface area contributed by atoms with E-state index in [0.29, 0.717) is 12.3 Å². The van der Waals surface area contributed by atoms with E-state index in [1.54, 1.807) is 0 Å². The molecule has 0 aromatic carbocycles. The minimum atomic E-state index is 0.196. The Labute approximate surface area is 90.3 Å². The molecule has 2 N–H and O–H groups in total. The van der Waals surface area contributed by atoms with Crippen molar-refractivity contribution in [3.63, 3.8) is 0 Å². The highest BCUT2D eigenvalue weighted by molar-refractivity contribution is 5.15. The van der Waals surface area contributed by atoms with Crippen molar-refractivity contribution in [1.82, 2.24) is 15.1 Å². The molecule has 15 heavy (non-hydrogen) atoms. The zero-order chi connectivity index (χ0) is 10.7. The Morgan fingerprint density at radius 2 is 2.53 bits per heavy atom. The van der Waals surface area contributed by atoms with E-state index in [2.05, 4.69) is 16.5 Å². The molecule has 1 fully saturated rings. The summed E-state index contributed by atoms with van der Waals surface area (Å²) >= 11 is 0. The molecule has 1 aromatic rings. The number of hydrogen-bond acceptors (Lipinski definition) is 3. The average Bonchev–Trinajstić information content (AvgIpc) is 2.63. The molecule has 0 bridgehead atoms. The van der Waals surface area contributed by atoms with Crippen LogP contribution in [0.15, 0.2) is 6.07 Å². The van der Waals surface area contributed by atoms with E-state index in [4.69, 9.17) is 5.11 Å². The summed E-state index contributed by atoms with van der Waals surface area (Å²) in [7, 11) is 1.95. The van der Waals surface area contributed by atoms with Gasteiger partial charge in [-0.3, -0.25) is 4.68 Å². The van der Waals surface area contributed by atoms with Gasteiger partial charge in [-0.2, -0.15) is 5.10 Å². The molecule has 2 rings (SSSR count). The van der Waals surface area contributed by atoms with Crippen LogP contribution in [0, 0.1) is 0 Å².